The van der Waals surface area contributed by atoms with Crippen LogP contribution in [-0.2, 0) is 11.3 Å². The average molecular weight is 378 g/mol. The number of nitrogens with zero attached hydrogens (tertiary/aromatic N) is 2. The van der Waals surface area contributed by atoms with Crippen molar-refractivity contribution in [2.24, 2.45) is 0 Å². The Morgan fingerprint density at radius 3 is 2.71 bits per heavy atom. The quantitative estimate of drug-likeness (QED) is 0.610. The minimum Gasteiger partial charge on any atom is -0.497 e. The third-order valence-corrected chi connectivity index (χ3v) is 4.96. The molecule has 1 aliphatic heterocycles. The van der Waals surface area contributed by atoms with Crippen LogP contribution in [0.3, 0.4) is 0 Å². The Labute approximate surface area is 166 Å². The van der Waals surface area contributed by atoms with Gasteiger partial charge in [0.15, 0.2) is 0 Å². The second-order valence-corrected chi connectivity index (χ2v) is 6.82. The molecule has 5 heteroatoms. The highest BCUT2D eigenvalue weighted by atomic mass is 16.5. The maximum Gasteiger partial charge on any atom is 0.138 e. The smallest absolute Gasteiger partial charge is 0.138 e. The summed E-state index contributed by atoms with van der Waals surface area (Å²) in [6, 6.07) is 18.5. The summed E-state index contributed by atoms with van der Waals surface area (Å²) in [4.78, 5) is 2.36. The van der Waals surface area contributed by atoms with E-state index in [1.165, 1.54) is 5.56 Å². The highest BCUT2D eigenvalue weighted by Gasteiger charge is 2.27. The summed E-state index contributed by atoms with van der Waals surface area (Å²) < 4.78 is 19.0. The fourth-order valence-corrected chi connectivity index (χ4v) is 3.56. The molecule has 0 bridgehead atoms. The van der Waals surface area contributed by atoms with Crippen LogP contribution in [0, 0.1) is 0 Å². The molecule has 1 atom stereocenters. The van der Waals surface area contributed by atoms with Gasteiger partial charge in [0, 0.05) is 42.8 Å². The molecule has 0 saturated carbocycles. The minimum absolute atomic E-state index is 0.0292. The molecule has 146 valence electrons. The van der Waals surface area contributed by atoms with Crippen molar-refractivity contribution >= 4 is 0 Å². The molecule has 4 rings (SSSR count). The van der Waals surface area contributed by atoms with Gasteiger partial charge in [-0.2, -0.15) is 0 Å². The molecule has 0 spiro atoms. The van der Waals surface area contributed by atoms with Crippen molar-refractivity contribution in [3.05, 3.63) is 78.1 Å². The molecule has 3 aromatic rings. The van der Waals surface area contributed by atoms with Crippen LogP contribution >= 0.6 is 0 Å². The summed E-state index contributed by atoms with van der Waals surface area (Å²) >= 11 is 0. The Kier molecular flexibility index (Phi) is 5.65. The third kappa shape index (κ3) is 4.06. The normalized spacial score (nSPS) is 17.0. The number of hydrogen-bond acceptors (Lipinski definition) is 4. The van der Waals surface area contributed by atoms with Crippen LogP contribution in [0.15, 0.2) is 67.0 Å². The van der Waals surface area contributed by atoms with Crippen molar-refractivity contribution in [1.29, 1.82) is 0 Å². The molecule has 2 aromatic carbocycles. The van der Waals surface area contributed by atoms with E-state index in [1.807, 2.05) is 31.2 Å². The van der Waals surface area contributed by atoms with Crippen LogP contribution in [0.5, 0.6) is 11.5 Å². The number of methoxy groups -OCH3 is 1. The average Bonchev–Trinajstić information content (AvgIpc) is 3.38. The minimum atomic E-state index is -0.0292. The molecule has 2 heterocycles. The molecule has 5 nitrogen and oxygen atoms in total. The Balaban J connectivity index is 1.49. The van der Waals surface area contributed by atoms with Gasteiger partial charge in [0.05, 0.1) is 20.3 Å². The van der Waals surface area contributed by atoms with Gasteiger partial charge in [-0.15, -0.1) is 0 Å². The summed E-state index contributed by atoms with van der Waals surface area (Å²) in [5, 5.41) is 0. The van der Waals surface area contributed by atoms with Crippen LogP contribution in [0.1, 0.15) is 24.3 Å². The third-order valence-electron chi connectivity index (χ3n) is 4.96. The fraction of sp³-hybridized carbons (Fsp3) is 0.304. The monoisotopic (exact) mass is 378 g/mol. The Hall–Kier alpha value is -2.76. The standard InChI is InChI=1S/C23H26N2O3/c1-3-27-22-6-4-5-20(15-22)24-12-11-19(17-24)23-25(13-14-28-23)16-18-7-9-21(26-2)10-8-18/h4-12,15,17,23H,3,13-14,16H2,1-2H3/t23-/m0/s1. The first-order valence-corrected chi connectivity index (χ1v) is 9.66. The highest BCUT2D eigenvalue weighted by molar-refractivity contribution is 5.40. The summed E-state index contributed by atoms with van der Waals surface area (Å²) in [5.41, 5.74) is 3.49. The van der Waals surface area contributed by atoms with Gasteiger partial charge in [-0.25, -0.2) is 0 Å². The van der Waals surface area contributed by atoms with Gasteiger partial charge in [-0.05, 0) is 42.8 Å². The van der Waals surface area contributed by atoms with E-state index >= 15 is 0 Å². The van der Waals surface area contributed by atoms with Gasteiger partial charge in [0.1, 0.15) is 17.7 Å². The highest BCUT2D eigenvalue weighted by Crippen LogP contribution is 2.30. The van der Waals surface area contributed by atoms with Crippen LogP contribution in [0.25, 0.3) is 5.69 Å². The van der Waals surface area contributed by atoms with Gasteiger partial charge in [-0.3, -0.25) is 4.90 Å². The molecule has 0 unspecified atom stereocenters. The van der Waals surface area contributed by atoms with Crippen molar-refractivity contribution in [3.63, 3.8) is 0 Å². The fourth-order valence-electron chi connectivity index (χ4n) is 3.56. The number of benzene rings is 2. The second-order valence-electron chi connectivity index (χ2n) is 6.82. The lowest BCUT2D eigenvalue weighted by molar-refractivity contribution is 0.0288. The molecule has 1 saturated heterocycles. The van der Waals surface area contributed by atoms with Gasteiger partial charge in [0.2, 0.25) is 0 Å². The van der Waals surface area contributed by atoms with Crippen LogP contribution < -0.4 is 9.47 Å². The van der Waals surface area contributed by atoms with E-state index in [0.717, 1.165) is 42.4 Å². The molecular weight excluding hydrogens is 352 g/mol. The number of ether oxygens (including phenoxy) is 3. The van der Waals surface area contributed by atoms with Gasteiger partial charge >= 0.3 is 0 Å². The van der Waals surface area contributed by atoms with E-state index in [1.54, 1.807) is 7.11 Å². The van der Waals surface area contributed by atoms with Gasteiger partial charge in [0.25, 0.3) is 0 Å². The molecule has 0 N–H and O–H groups in total. The topological polar surface area (TPSA) is 35.9 Å². The molecular formula is C23H26N2O3. The SMILES string of the molecule is CCOc1cccc(-n2ccc([C@@H]3OCCN3Cc3ccc(OC)cc3)c2)c1. The first-order valence-electron chi connectivity index (χ1n) is 9.66. The van der Waals surface area contributed by atoms with Crippen LogP contribution in [0.2, 0.25) is 0 Å². The molecule has 1 fully saturated rings. The molecule has 0 aliphatic carbocycles. The van der Waals surface area contributed by atoms with Crippen LogP contribution in [-0.4, -0.2) is 36.3 Å². The van der Waals surface area contributed by atoms with E-state index in [0.29, 0.717) is 6.61 Å². The van der Waals surface area contributed by atoms with E-state index in [-0.39, 0.29) is 6.23 Å². The van der Waals surface area contributed by atoms with Gasteiger partial charge in [-0.1, -0.05) is 18.2 Å². The Morgan fingerprint density at radius 1 is 1.07 bits per heavy atom. The molecule has 1 aliphatic rings. The predicted molar refractivity (Wildman–Crippen MR) is 109 cm³/mol. The molecule has 0 amide bonds. The lowest BCUT2D eigenvalue weighted by atomic mass is 10.2. The Bertz CT molecular complexity index is 904. The first kappa shape index (κ1) is 18.6. The van der Waals surface area contributed by atoms with E-state index in [2.05, 4.69) is 52.2 Å². The molecule has 1 aromatic heterocycles. The summed E-state index contributed by atoms with van der Waals surface area (Å²) in [5.74, 6) is 1.76. The lowest BCUT2D eigenvalue weighted by Crippen LogP contribution is -2.23. The number of aromatic nitrogens is 1. The maximum absolute atomic E-state index is 6.04. The summed E-state index contributed by atoms with van der Waals surface area (Å²) in [6.45, 7) is 5.17. The zero-order valence-electron chi connectivity index (χ0n) is 16.4. The maximum atomic E-state index is 6.04. The van der Waals surface area contributed by atoms with Crippen molar-refractivity contribution in [1.82, 2.24) is 9.47 Å². The molecule has 0 radical (unpaired) electrons. The predicted octanol–water partition coefficient (Wildman–Crippen LogP) is 4.42. The van der Waals surface area contributed by atoms with E-state index in [4.69, 9.17) is 14.2 Å². The zero-order chi connectivity index (χ0) is 19.3. The second kappa shape index (κ2) is 8.50. The van der Waals surface area contributed by atoms with Gasteiger partial charge < -0.3 is 18.8 Å². The van der Waals surface area contributed by atoms with E-state index < -0.39 is 0 Å². The van der Waals surface area contributed by atoms with Crippen molar-refractivity contribution < 1.29 is 14.2 Å². The van der Waals surface area contributed by atoms with Crippen molar-refractivity contribution in [3.8, 4) is 17.2 Å². The molecule has 28 heavy (non-hydrogen) atoms. The number of hydrogen-bond donors (Lipinski definition) is 0. The Morgan fingerprint density at radius 2 is 1.93 bits per heavy atom. The lowest BCUT2D eigenvalue weighted by Gasteiger charge is -2.22. The van der Waals surface area contributed by atoms with E-state index in [9.17, 15) is 0 Å². The van der Waals surface area contributed by atoms with Crippen molar-refractivity contribution in [2.45, 2.75) is 19.7 Å². The zero-order valence-corrected chi connectivity index (χ0v) is 16.4. The van der Waals surface area contributed by atoms with Crippen LogP contribution in [0.4, 0.5) is 0 Å². The number of rotatable bonds is 7. The van der Waals surface area contributed by atoms with Crippen molar-refractivity contribution in [2.75, 3.05) is 26.9 Å². The summed E-state index contributed by atoms with van der Waals surface area (Å²) in [7, 11) is 1.69. The summed E-state index contributed by atoms with van der Waals surface area (Å²) in [6.07, 6.45) is 4.19. The largest absolute Gasteiger partial charge is 0.497 e. The first-order chi connectivity index (χ1) is 13.8.